The summed E-state index contributed by atoms with van der Waals surface area (Å²) >= 11 is 6.68. The van der Waals surface area contributed by atoms with E-state index in [1.165, 1.54) is 0 Å². The highest BCUT2D eigenvalue weighted by Gasteiger charge is 2.31. The van der Waals surface area contributed by atoms with E-state index in [0.29, 0.717) is 61.4 Å². The number of halogens is 1. The van der Waals surface area contributed by atoms with Crippen LogP contribution in [0.2, 0.25) is 5.15 Å². The minimum absolute atomic E-state index is 0.0888. The van der Waals surface area contributed by atoms with Crippen LogP contribution in [0.25, 0.3) is 0 Å². The largest absolute Gasteiger partial charge is 0.482 e. The predicted octanol–water partition coefficient (Wildman–Crippen LogP) is 7.93. The number of amides is 2. The van der Waals surface area contributed by atoms with Crippen LogP contribution in [0.15, 0.2) is 18.3 Å². The second-order valence-corrected chi connectivity index (χ2v) is 14.0. The van der Waals surface area contributed by atoms with Gasteiger partial charge in [0.2, 0.25) is 0 Å². The third-order valence-corrected chi connectivity index (χ3v) is 8.00. The maximum absolute atomic E-state index is 13.0. The maximum atomic E-state index is 13.0. The summed E-state index contributed by atoms with van der Waals surface area (Å²) in [5.74, 6) is 0.819. The van der Waals surface area contributed by atoms with Gasteiger partial charge in [0.1, 0.15) is 22.5 Å². The maximum Gasteiger partial charge on any atom is 0.412 e. The van der Waals surface area contributed by atoms with Crippen LogP contribution >= 0.6 is 11.6 Å². The van der Waals surface area contributed by atoms with Crippen molar-refractivity contribution < 1.29 is 28.5 Å². The summed E-state index contributed by atoms with van der Waals surface area (Å²) < 4.78 is 23.3. The number of nitrogens with one attached hydrogen (secondary N) is 1. The van der Waals surface area contributed by atoms with Crippen LogP contribution in [0, 0.1) is 6.92 Å². The molecule has 2 saturated heterocycles. The van der Waals surface area contributed by atoms with Crippen molar-refractivity contribution in [3.05, 3.63) is 46.0 Å². The number of carbonyl (C=O) groups is 2. The fraction of sp³-hybridized carbons (Fsp3) is 0.636. The molecule has 4 rings (SSSR count). The van der Waals surface area contributed by atoms with Crippen molar-refractivity contribution >= 4 is 29.5 Å². The number of carbonyl (C=O) groups excluding carboxylic acids is 2. The Morgan fingerprint density at radius 3 is 2.27 bits per heavy atom. The van der Waals surface area contributed by atoms with Crippen molar-refractivity contribution in [3.8, 4) is 5.75 Å². The first kappa shape index (κ1) is 33.8. The van der Waals surface area contributed by atoms with E-state index in [4.69, 9.17) is 35.5 Å². The Kier molecular flexibility index (Phi) is 10.7. The first-order valence-electron chi connectivity index (χ1n) is 15.5. The van der Waals surface area contributed by atoms with Gasteiger partial charge in [-0.1, -0.05) is 11.6 Å². The molecule has 2 aliphatic heterocycles. The number of aryl methyl sites for hydroxylation is 1. The molecule has 2 aromatic rings. The molecule has 0 saturated carbocycles. The number of hydrogen-bond donors (Lipinski definition) is 1. The monoisotopic (exact) mass is 630 g/mol. The number of rotatable bonds is 6. The Morgan fingerprint density at radius 1 is 1.02 bits per heavy atom. The summed E-state index contributed by atoms with van der Waals surface area (Å²) in [6.45, 7) is 17.3. The number of likely N-dealkylation sites (tertiary alicyclic amines) is 1. The molecule has 4 heterocycles. The summed E-state index contributed by atoms with van der Waals surface area (Å²) in [6, 6.07) is 3.87. The SMILES string of the molecule is Cc1nc(C2CCN(C(=O)OC(C)(C)C)CC2)cc(NC(=O)OC(C)(C)C)c1OC(C)c1c(C2CCOCC2)ccnc1Cl. The molecule has 242 valence electrons. The van der Waals surface area contributed by atoms with Crippen molar-refractivity contribution in [1.29, 1.82) is 0 Å². The van der Waals surface area contributed by atoms with Crippen LogP contribution in [-0.4, -0.2) is 64.6 Å². The van der Waals surface area contributed by atoms with Gasteiger partial charge in [-0.05, 0) is 105 Å². The Labute approximate surface area is 266 Å². The molecule has 0 aromatic carbocycles. The number of hydrogen-bond acceptors (Lipinski definition) is 8. The molecule has 2 aliphatic rings. The van der Waals surface area contributed by atoms with E-state index in [1.807, 2.05) is 67.5 Å². The Bertz CT molecular complexity index is 1320. The molecule has 0 bridgehead atoms. The fourth-order valence-corrected chi connectivity index (χ4v) is 6.02. The highest BCUT2D eigenvalue weighted by molar-refractivity contribution is 6.30. The smallest absolute Gasteiger partial charge is 0.412 e. The molecule has 2 amide bonds. The average Bonchev–Trinajstić information content (AvgIpc) is 2.93. The van der Waals surface area contributed by atoms with E-state index in [9.17, 15) is 9.59 Å². The van der Waals surface area contributed by atoms with Gasteiger partial charge >= 0.3 is 12.2 Å². The molecule has 2 aromatic heterocycles. The molecule has 1 unspecified atom stereocenters. The zero-order valence-corrected chi connectivity index (χ0v) is 28.0. The first-order chi connectivity index (χ1) is 20.6. The van der Waals surface area contributed by atoms with Gasteiger partial charge in [-0.15, -0.1) is 0 Å². The topological polar surface area (TPSA) is 112 Å². The van der Waals surface area contributed by atoms with Crippen molar-refractivity contribution in [1.82, 2.24) is 14.9 Å². The lowest BCUT2D eigenvalue weighted by atomic mass is 9.88. The van der Waals surface area contributed by atoms with Gasteiger partial charge in [0.25, 0.3) is 0 Å². The van der Waals surface area contributed by atoms with Crippen LogP contribution in [-0.2, 0) is 14.2 Å². The normalized spacial score (nSPS) is 17.6. The summed E-state index contributed by atoms with van der Waals surface area (Å²) in [4.78, 5) is 36.6. The molecule has 10 nitrogen and oxygen atoms in total. The molecule has 44 heavy (non-hydrogen) atoms. The molecular weight excluding hydrogens is 584 g/mol. The Balaban J connectivity index is 1.61. The Hall–Kier alpha value is -3.11. The lowest BCUT2D eigenvalue weighted by molar-refractivity contribution is 0.0203. The number of aromatic nitrogens is 2. The van der Waals surface area contributed by atoms with Gasteiger partial charge in [0.05, 0.1) is 11.4 Å². The zero-order chi connectivity index (χ0) is 32.2. The molecule has 1 N–H and O–H groups in total. The fourth-order valence-electron chi connectivity index (χ4n) is 5.70. The summed E-state index contributed by atoms with van der Waals surface area (Å²) in [6.07, 6.45) is 3.59. The van der Waals surface area contributed by atoms with Gasteiger partial charge in [0, 0.05) is 49.7 Å². The predicted molar refractivity (Wildman–Crippen MR) is 170 cm³/mol. The summed E-state index contributed by atoms with van der Waals surface area (Å²) in [5.41, 5.74) is 2.61. The van der Waals surface area contributed by atoms with E-state index >= 15 is 0 Å². The third kappa shape index (κ3) is 8.97. The first-order valence-corrected chi connectivity index (χ1v) is 15.9. The number of pyridine rings is 2. The second kappa shape index (κ2) is 13.9. The van der Waals surface area contributed by atoms with Gasteiger partial charge in [-0.2, -0.15) is 0 Å². The Morgan fingerprint density at radius 2 is 1.66 bits per heavy atom. The van der Waals surface area contributed by atoms with E-state index in [0.717, 1.165) is 29.7 Å². The quantitative estimate of drug-likeness (QED) is 0.320. The molecule has 0 aliphatic carbocycles. The van der Waals surface area contributed by atoms with Crippen LogP contribution in [0.1, 0.15) is 115 Å². The molecule has 1 atom stereocenters. The van der Waals surface area contributed by atoms with E-state index in [2.05, 4.69) is 10.3 Å². The minimum atomic E-state index is -0.681. The highest BCUT2D eigenvalue weighted by atomic mass is 35.5. The van der Waals surface area contributed by atoms with Crippen molar-refractivity contribution in [2.75, 3.05) is 31.6 Å². The molecular formula is C33H47ClN4O6. The molecule has 11 heteroatoms. The van der Waals surface area contributed by atoms with E-state index in [-0.39, 0.29) is 17.9 Å². The van der Waals surface area contributed by atoms with Crippen LogP contribution in [0.5, 0.6) is 5.75 Å². The van der Waals surface area contributed by atoms with Crippen molar-refractivity contribution in [2.24, 2.45) is 0 Å². The minimum Gasteiger partial charge on any atom is -0.482 e. The lowest BCUT2D eigenvalue weighted by Gasteiger charge is -2.33. The van der Waals surface area contributed by atoms with Gasteiger partial charge < -0.3 is 23.8 Å². The van der Waals surface area contributed by atoms with Crippen LogP contribution in [0.4, 0.5) is 15.3 Å². The molecule has 2 fully saturated rings. The van der Waals surface area contributed by atoms with Gasteiger partial charge in [-0.25, -0.2) is 14.6 Å². The van der Waals surface area contributed by atoms with Gasteiger partial charge in [0.15, 0.2) is 5.75 Å². The van der Waals surface area contributed by atoms with Crippen LogP contribution < -0.4 is 10.1 Å². The standard InChI is InChI=1S/C33H47ClN4O6/c1-20-28(42-21(2)27-24(9-14-35-29(27)34)22-12-17-41-18-13-22)26(37-30(39)43-32(3,4)5)19-25(36-20)23-10-15-38(16-11-23)31(40)44-33(6,7)8/h9,14,19,21-23H,10-13,15-18H2,1-8H3,(H,36,37,39). The summed E-state index contributed by atoms with van der Waals surface area (Å²) in [7, 11) is 0. The molecule has 0 radical (unpaired) electrons. The number of piperidine rings is 1. The highest BCUT2D eigenvalue weighted by Crippen LogP contribution is 2.40. The number of nitrogens with zero attached hydrogens (tertiary/aromatic N) is 3. The number of anilines is 1. The van der Waals surface area contributed by atoms with Crippen molar-refractivity contribution in [3.63, 3.8) is 0 Å². The summed E-state index contributed by atoms with van der Waals surface area (Å²) in [5, 5.41) is 3.30. The lowest BCUT2D eigenvalue weighted by Crippen LogP contribution is -2.41. The van der Waals surface area contributed by atoms with Gasteiger partial charge in [-0.3, -0.25) is 10.3 Å². The molecule has 0 spiro atoms. The third-order valence-electron chi connectivity index (χ3n) is 7.70. The number of ether oxygens (including phenoxy) is 4. The van der Waals surface area contributed by atoms with Crippen LogP contribution in [0.3, 0.4) is 0 Å². The second-order valence-electron chi connectivity index (χ2n) is 13.6. The van der Waals surface area contributed by atoms with Crippen molar-refractivity contribution in [2.45, 2.75) is 110 Å². The zero-order valence-electron chi connectivity index (χ0n) is 27.3. The average molecular weight is 631 g/mol. The van der Waals surface area contributed by atoms with E-state index in [1.54, 1.807) is 11.1 Å². The van der Waals surface area contributed by atoms with E-state index < -0.39 is 23.4 Å².